The van der Waals surface area contributed by atoms with Gasteiger partial charge in [0.15, 0.2) is 0 Å². The van der Waals surface area contributed by atoms with Crippen LogP contribution in [0.15, 0.2) is 42.5 Å². The first-order chi connectivity index (χ1) is 12.5. The van der Waals surface area contributed by atoms with Crippen molar-refractivity contribution in [3.05, 3.63) is 64.7 Å². The number of halogens is 6. The summed E-state index contributed by atoms with van der Waals surface area (Å²) in [5.74, 6) is 0.613. The van der Waals surface area contributed by atoms with Crippen LogP contribution in [0.4, 0.5) is 26.3 Å². The second-order valence-electron chi connectivity index (χ2n) is 5.72. The molecule has 1 N–H and O–H groups in total. The Hall–Kier alpha value is -2.26. The monoisotopic (exact) mass is 394 g/mol. The normalized spacial score (nSPS) is 13.5. The number of hydrogen-bond donors (Lipinski definition) is 1. The zero-order chi connectivity index (χ0) is 20.2. The van der Waals surface area contributed by atoms with Crippen LogP contribution in [0.1, 0.15) is 28.4 Å². The highest BCUT2D eigenvalue weighted by Crippen LogP contribution is 2.37. The lowest BCUT2D eigenvalue weighted by molar-refractivity contribution is -0.143. The lowest BCUT2D eigenvalue weighted by Gasteiger charge is -2.17. The standard InChI is InChI=1S/C18H16F6O3/c1-26-15-4-2-11(3-5-15)9-27-10-16(25)12-6-13(17(19,20)21)8-14(7-12)18(22,23)24/h2-8,16,25H,9-10H2,1H3/t16-/m1/s1. The van der Waals surface area contributed by atoms with Gasteiger partial charge in [-0.1, -0.05) is 12.1 Å². The molecule has 0 heterocycles. The molecule has 27 heavy (non-hydrogen) atoms. The molecule has 2 aromatic rings. The molecule has 0 saturated heterocycles. The maximum atomic E-state index is 12.8. The van der Waals surface area contributed by atoms with E-state index in [1.807, 2.05) is 0 Å². The summed E-state index contributed by atoms with van der Waals surface area (Å²) in [6.45, 7) is -0.448. The number of aliphatic hydroxyl groups is 1. The third-order valence-corrected chi connectivity index (χ3v) is 3.70. The van der Waals surface area contributed by atoms with Crippen molar-refractivity contribution in [3.63, 3.8) is 0 Å². The Kier molecular flexibility index (Phi) is 6.38. The topological polar surface area (TPSA) is 38.7 Å². The van der Waals surface area contributed by atoms with E-state index in [-0.39, 0.29) is 12.7 Å². The number of ether oxygens (including phenoxy) is 2. The Morgan fingerprint density at radius 1 is 0.889 bits per heavy atom. The summed E-state index contributed by atoms with van der Waals surface area (Å²) < 4.78 is 87.3. The summed E-state index contributed by atoms with van der Waals surface area (Å²) in [7, 11) is 1.49. The molecule has 2 aromatic carbocycles. The molecule has 0 fully saturated rings. The fourth-order valence-corrected chi connectivity index (χ4v) is 2.28. The van der Waals surface area contributed by atoms with Gasteiger partial charge < -0.3 is 14.6 Å². The predicted molar refractivity (Wildman–Crippen MR) is 84.1 cm³/mol. The predicted octanol–water partition coefficient (Wildman–Crippen LogP) is 4.98. The van der Waals surface area contributed by atoms with Crippen LogP contribution in [0, 0.1) is 0 Å². The van der Waals surface area contributed by atoms with Crippen LogP contribution >= 0.6 is 0 Å². The van der Waals surface area contributed by atoms with Crippen molar-refractivity contribution in [1.82, 2.24) is 0 Å². The van der Waals surface area contributed by atoms with E-state index >= 15 is 0 Å². The van der Waals surface area contributed by atoms with Crippen molar-refractivity contribution in [2.75, 3.05) is 13.7 Å². The molecule has 0 saturated carbocycles. The SMILES string of the molecule is COc1ccc(COC[C@@H](O)c2cc(C(F)(F)F)cc(C(F)(F)F)c2)cc1. The van der Waals surface area contributed by atoms with Gasteiger partial charge in [-0.25, -0.2) is 0 Å². The molecule has 0 aliphatic heterocycles. The van der Waals surface area contributed by atoms with Gasteiger partial charge in [0.25, 0.3) is 0 Å². The van der Waals surface area contributed by atoms with Gasteiger partial charge in [0.05, 0.1) is 31.5 Å². The van der Waals surface area contributed by atoms with E-state index in [9.17, 15) is 31.4 Å². The van der Waals surface area contributed by atoms with Gasteiger partial charge in [-0.15, -0.1) is 0 Å². The van der Waals surface area contributed by atoms with Crippen molar-refractivity contribution < 1.29 is 40.9 Å². The number of benzene rings is 2. The second kappa shape index (κ2) is 8.18. The van der Waals surface area contributed by atoms with Crippen LogP contribution in [-0.4, -0.2) is 18.8 Å². The number of methoxy groups -OCH3 is 1. The summed E-state index contributed by atoms with van der Waals surface area (Å²) in [6, 6.07) is 7.66. The summed E-state index contributed by atoms with van der Waals surface area (Å²) in [4.78, 5) is 0. The van der Waals surface area contributed by atoms with Crippen molar-refractivity contribution in [2.45, 2.75) is 25.1 Å². The molecule has 0 unspecified atom stereocenters. The van der Waals surface area contributed by atoms with Gasteiger partial charge >= 0.3 is 12.4 Å². The van der Waals surface area contributed by atoms with Crippen molar-refractivity contribution >= 4 is 0 Å². The summed E-state index contributed by atoms with van der Waals surface area (Å²) in [5.41, 5.74) is -2.79. The molecule has 2 rings (SSSR count). The second-order valence-corrected chi connectivity index (χ2v) is 5.72. The fraction of sp³-hybridized carbons (Fsp3) is 0.333. The van der Waals surface area contributed by atoms with Crippen LogP contribution in [0.5, 0.6) is 5.75 Å². The van der Waals surface area contributed by atoms with Crippen LogP contribution in [0.2, 0.25) is 0 Å². The van der Waals surface area contributed by atoms with E-state index in [4.69, 9.17) is 9.47 Å². The Balaban J connectivity index is 2.11. The first-order valence-electron chi connectivity index (χ1n) is 7.69. The highest BCUT2D eigenvalue weighted by Gasteiger charge is 2.37. The van der Waals surface area contributed by atoms with E-state index in [0.29, 0.717) is 23.4 Å². The number of hydrogen-bond acceptors (Lipinski definition) is 3. The van der Waals surface area contributed by atoms with E-state index in [2.05, 4.69) is 0 Å². The zero-order valence-electron chi connectivity index (χ0n) is 14.1. The first-order valence-corrected chi connectivity index (χ1v) is 7.69. The number of alkyl halides is 6. The molecule has 148 valence electrons. The average Bonchev–Trinajstić information content (AvgIpc) is 2.60. The average molecular weight is 394 g/mol. The zero-order valence-corrected chi connectivity index (χ0v) is 14.1. The summed E-state index contributed by atoms with van der Waals surface area (Å²) in [5, 5.41) is 9.98. The number of aliphatic hydroxyl groups excluding tert-OH is 1. The largest absolute Gasteiger partial charge is 0.497 e. The Labute approximate surface area is 151 Å². The maximum absolute atomic E-state index is 12.8. The Morgan fingerprint density at radius 2 is 1.41 bits per heavy atom. The van der Waals surface area contributed by atoms with E-state index in [1.54, 1.807) is 24.3 Å². The van der Waals surface area contributed by atoms with Crippen LogP contribution in [0.25, 0.3) is 0 Å². The fourth-order valence-electron chi connectivity index (χ4n) is 2.28. The van der Waals surface area contributed by atoms with Gasteiger partial charge in [-0.05, 0) is 41.5 Å². The summed E-state index contributed by atoms with van der Waals surface area (Å²) in [6.07, 6.45) is -11.6. The van der Waals surface area contributed by atoms with E-state index in [0.717, 1.165) is 0 Å². The molecule has 3 nitrogen and oxygen atoms in total. The lowest BCUT2D eigenvalue weighted by Crippen LogP contribution is -2.14. The third-order valence-electron chi connectivity index (χ3n) is 3.70. The van der Waals surface area contributed by atoms with E-state index in [1.165, 1.54) is 7.11 Å². The van der Waals surface area contributed by atoms with Gasteiger partial charge in [0.2, 0.25) is 0 Å². The van der Waals surface area contributed by atoms with Gasteiger partial charge in [-0.2, -0.15) is 26.3 Å². The highest BCUT2D eigenvalue weighted by molar-refractivity contribution is 5.35. The van der Waals surface area contributed by atoms with Crippen molar-refractivity contribution in [1.29, 1.82) is 0 Å². The van der Waals surface area contributed by atoms with Crippen molar-refractivity contribution in [3.8, 4) is 5.75 Å². The Morgan fingerprint density at radius 3 is 1.85 bits per heavy atom. The quantitative estimate of drug-likeness (QED) is 0.703. The van der Waals surface area contributed by atoms with Crippen molar-refractivity contribution in [2.24, 2.45) is 0 Å². The molecule has 0 aliphatic carbocycles. The molecule has 0 radical (unpaired) electrons. The minimum atomic E-state index is -4.97. The molecule has 0 aromatic heterocycles. The lowest BCUT2D eigenvalue weighted by atomic mass is 10.0. The highest BCUT2D eigenvalue weighted by atomic mass is 19.4. The molecule has 1 atom stereocenters. The molecule has 0 amide bonds. The minimum absolute atomic E-state index is 0.00837. The number of rotatable bonds is 6. The molecular formula is C18H16F6O3. The van der Waals surface area contributed by atoms with Gasteiger partial charge in [0, 0.05) is 0 Å². The molecule has 0 spiro atoms. The maximum Gasteiger partial charge on any atom is 0.416 e. The van der Waals surface area contributed by atoms with Crippen LogP contribution in [-0.2, 0) is 23.7 Å². The third kappa shape index (κ3) is 5.86. The van der Waals surface area contributed by atoms with Gasteiger partial charge in [-0.3, -0.25) is 0 Å². The minimum Gasteiger partial charge on any atom is -0.497 e. The molecule has 9 heteroatoms. The first kappa shape index (κ1) is 21.0. The molecule has 0 bridgehead atoms. The molecular weight excluding hydrogens is 378 g/mol. The molecule has 0 aliphatic rings. The van der Waals surface area contributed by atoms with E-state index < -0.39 is 41.8 Å². The Bertz CT molecular complexity index is 721. The smallest absolute Gasteiger partial charge is 0.416 e. The van der Waals surface area contributed by atoms with Gasteiger partial charge in [0.1, 0.15) is 11.9 Å². The van der Waals surface area contributed by atoms with Crippen LogP contribution in [0.3, 0.4) is 0 Å². The van der Waals surface area contributed by atoms with Crippen LogP contribution < -0.4 is 4.74 Å². The summed E-state index contributed by atoms with van der Waals surface area (Å²) >= 11 is 0.